The van der Waals surface area contributed by atoms with Crippen molar-refractivity contribution in [3.8, 4) is 0 Å². The molecule has 0 saturated carbocycles. The third-order valence-electron chi connectivity index (χ3n) is 2.57. The monoisotopic (exact) mass is 388 g/mol. The van der Waals surface area contributed by atoms with Gasteiger partial charge in [0.05, 0.1) is 0 Å². The molecule has 7 nitrogen and oxygen atoms in total. The van der Waals surface area contributed by atoms with Crippen LogP contribution in [0, 0.1) is 0 Å². The van der Waals surface area contributed by atoms with Crippen LogP contribution in [0.1, 0.15) is 0 Å². The van der Waals surface area contributed by atoms with E-state index in [1.807, 2.05) is 0 Å². The topological polar surface area (TPSA) is 116 Å². The van der Waals surface area contributed by atoms with Crippen LogP contribution in [0.5, 0.6) is 0 Å². The Bertz CT molecular complexity index is 313. The first kappa shape index (κ1) is 20.2. The first-order valence-corrected chi connectivity index (χ1v) is 17.5. The zero-order valence-electron chi connectivity index (χ0n) is 12.5. The van der Waals surface area contributed by atoms with Gasteiger partial charge in [0.25, 0.3) is 0 Å². The third kappa shape index (κ3) is 8.51. The summed E-state index contributed by atoms with van der Waals surface area (Å²) in [5, 5.41) is 27.9. The molecule has 0 saturated heterocycles. The van der Waals surface area contributed by atoms with Crippen molar-refractivity contribution >= 4 is 36.7 Å². The molecule has 0 aliphatic heterocycles. The van der Waals surface area contributed by atoms with Crippen molar-refractivity contribution in [1.29, 1.82) is 0 Å². The quantitative estimate of drug-likeness (QED) is 0.402. The number of aliphatic carboxylic acids is 1. The van der Waals surface area contributed by atoms with Crippen molar-refractivity contribution in [1.82, 2.24) is 0 Å². The van der Waals surface area contributed by atoms with E-state index in [9.17, 15) is 19.8 Å². The zero-order chi connectivity index (χ0) is 16.0. The SMILES string of the molecule is C[Si](C)(O)O[Si](C)(C)[O][Ge]([CH2]CO)([CH2]CO)[CH2]C(=O)O. The van der Waals surface area contributed by atoms with E-state index < -0.39 is 36.7 Å². The number of rotatable bonds is 10. The second kappa shape index (κ2) is 8.03. The summed E-state index contributed by atoms with van der Waals surface area (Å²) in [6.07, 6.45) is 0. The summed E-state index contributed by atoms with van der Waals surface area (Å²) >= 11 is -3.43. The van der Waals surface area contributed by atoms with Gasteiger partial charge in [-0.05, 0) is 0 Å². The Hall–Kier alpha value is 0.247. The van der Waals surface area contributed by atoms with Gasteiger partial charge in [-0.3, -0.25) is 0 Å². The summed E-state index contributed by atoms with van der Waals surface area (Å²) in [5.41, 5.74) is 0. The Labute approximate surface area is 124 Å². The van der Waals surface area contributed by atoms with Gasteiger partial charge in [0.2, 0.25) is 0 Å². The number of hydrogen-bond donors (Lipinski definition) is 4. The molecule has 0 unspecified atom stereocenters. The van der Waals surface area contributed by atoms with E-state index in [4.69, 9.17) is 12.7 Å². The van der Waals surface area contributed by atoms with E-state index in [1.54, 1.807) is 26.2 Å². The molecule has 0 aromatic carbocycles. The fourth-order valence-corrected chi connectivity index (χ4v) is 21.8. The summed E-state index contributed by atoms with van der Waals surface area (Å²) in [5.74, 6) is -0.989. The van der Waals surface area contributed by atoms with Gasteiger partial charge in [-0.25, -0.2) is 0 Å². The molecule has 0 rings (SSSR count). The van der Waals surface area contributed by atoms with E-state index in [0.717, 1.165) is 0 Å². The van der Waals surface area contributed by atoms with E-state index in [-0.39, 0.29) is 29.0 Å². The van der Waals surface area contributed by atoms with E-state index in [1.165, 1.54) is 0 Å². The van der Waals surface area contributed by atoms with Crippen LogP contribution in [0.15, 0.2) is 0 Å². The van der Waals surface area contributed by atoms with Crippen LogP contribution in [-0.2, 0) is 12.4 Å². The zero-order valence-corrected chi connectivity index (χ0v) is 16.6. The Morgan fingerprint density at radius 1 is 1.10 bits per heavy atom. The van der Waals surface area contributed by atoms with Crippen molar-refractivity contribution in [2.75, 3.05) is 13.2 Å². The molecule has 0 bridgehead atoms. The molecule has 4 N–H and O–H groups in total. The molecule has 0 aliphatic rings. The molecular formula is C10H26GeO7Si2. The van der Waals surface area contributed by atoms with Gasteiger partial charge in [-0.15, -0.1) is 0 Å². The van der Waals surface area contributed by atoms with Crippen LogP contribution >= 0.6 is 0 Å². The summed E-state index contributed by atoms with van der Waals surface area (Å²) in [6, 6.07) is 0. The Morgan fingerprint density at radius 2 is 1.55 bits per heavy atom. The van der Waals surface area contributed by atoms with Gasteiger partial charge in [-0.1, -0.05) is 0 Å². The summed E-state index contributed by atoms with van der Waals surface area (Å²) in [4.78, 5) is 20.9. The predicted octanol–water partition coefficient (Wildman–Crippen LogP) is 0.430. The predicted molar refractivity (Wildman–Crippen MR) is 81.3 cm³/mol. The van der Waals surface area contributed by atoms with Gasteiger partial charge in [-0.2, -0.15) is 0 Å². The molecule has 10 heteroatoms. The average molecular weight is 387 g/mol. The standard InChI is InChI=1S/C10H26GeO7Si2/c1-19(2,16)18-20(3,4)17-11(5-7-12,6-8-13)9-10(14)15/h12-13,16H,5-9H2,1-4H3,(H,14,15). The molecule has 0 atom stereocenters. The molecule has 0 amide bonds. The number of aliphatic hydroxyl groups is 2. The Kier molecular flexibility index (Phi) is 8.13. The molecule has 0 fully saturated rings. The fourth-order valence-electron chi connectivity index (χ4n) is 2.27. The maximum atomic E-state index is 11.1. The van der Waals surface area contributed by atoms with Gasteiger partial charge < -0.3 is 0 Å². The molecule has 0 aromatic heterocycles. The Morgan fingerprint density at radius 3 is 1.85 bits per heavy atom. The number of aliphatic hydroxyl groups excluding tert-OH is 2. The van der Waals surface area contributed by atoms with Crippen molar-refractivity contribution in [3.63, 3.8) is 0 Å². The summed E-state index contributed by atoms with van der Waals surface area (Å²) in [6.45, 7) is 6.42. The molecule has 0 heterocycles. The van der Waals surface area contributed by atoms with Crippen LogP contribution < -0.4 is 0 Å². The number of carboxylic acids is 1. The van der Waals surface area contributed by atoms with Crippen LogP contribution in [-0.4, -0.2) is 70.0 Å². The third-order valence-corrected chi connectivity index (χ3v) is 20.0. The summed E-state index contributed by atoms with van der Waals surface area (Å²) < 4.78 is 11.7. The second-order valence-corrected chi connectivity index (χ2v) is 21.6. The molecule has 0 aliphatic carbocycles. The van der Waals surface area contributed by atoms with E-state index in [2.05, 4.69) is 0 Å². The Balaban J connectivity index is 5.15. The van der Waals surface area contributed by atoms with Crippen molar-refractivity contribution in [2.45, 2.75) is 41.9 Å². The van der Waals surface area contributed by atoms with Gasteiger partial charge >= 0.3 is 124 Å². The van der Waals surface area contributed by atoms with Crippen LogP contribution in [0.2, 0.25) is 41.9 Å². The number of carbonyl (C=O) groups is 1. The second-order valence-electron chi connectivity index (χ2n) is 5.75. The maximum absolute atomic E-state index is 11.1. The number of carboxylic acid groups (broad SMARTS) is 1. The fraction of sp³-hybridized carbons (Fsp3) is 0.900. The van der Waals surface area contributed by atoms with Gasteiger partial charge in [0.15, 0.2) is 0 Å². The summed E-state index contributed by atoms with van der Waals surface area (Å²) in [7, 11) is -5.49. The van der Waals surface area contributed by atoms with Crippen molar-refractivity contribution in [3.05, 3.63) is 0 Å². The molecule has 0 spiro atoms. The molecule has 120 valence electrons. The van der Waals surface area contributed by atoms with Gasteiger partial charge in [0.1, 0.15) is 0 Å². The van der Waals surface area contributed by atoms with Crippen molar-refractivity contribution in [2.24, 2.45) is 0 Å². The van der Waals surface area contributed by atoms with E-state index in [0.29, 0.717) is 0 Å². The molecular weight excluding hydrogens is 361 g/mol. The van der Waals surface area contributed by atoms with Gasteiger partial charge in [0, 0.05) is 0 Å². The van der Waals surface area contributed by atoms with Crippen LogP contribution in [0.4, 0.5) is 0 Å². The van der Waals surface area contributed by atoms with Crippen LogP contribution in [0.25, 0.3) is 0 Å². The first-order chi connectivity index (χ1) is 8.95. The molecule has 0 radical (unpaired) electrons. The minimum atomic E-state index is -3.43. The normalized spacial score (nSPS) is 13.6. The van der Waals surface area contributed by atoms with E-state index >= 15 is 0 Å². The van der Waals surface area contributed by atoms with Crippen LogP contribution in [0.3, 0.4) is 0 Å². The minimum absolute atomic E-state index is 0.145. The molecule has 20 heavy (non-hydrogen) atoms. The average Bonchev–Trinajstić information content (AvgIpc) is 2.10. The first-order valence-electron chi connectivity index (χ1n) is 6.51. The van der Waals surface area contributed by atoms with Crippen molar-refractivity contribution < 1.29 is 32.5 Å². The number of hydrogen-bond acceptors (Lipinski definition) is 6. The molecule has 0 aromatic rings.